The number of nitrogens with zero attached hydrogens (tertiary/aromatic N) is 1. The molecule has 0 fully saturated rings. The van der Waals surface area contributed by atoms with Gasteiger partial charge in [-0.1, -0.05) is 0 Å². The number of hydrogen-bond donors (Lipinski definition) is 4. The normalized spacial score (nSPS) is 10.4. The van der Waals surface area contributed by atoms with Crippen LogP contribution in [0.5, 0.6) is 0 Å². The summed E-state index contributed by atoms with van der Waals surface area (Å²) in [5.74, 6) is -0.352. The average molecular weight is 283 g/mol. The Morgan fingerprint density at radius 3 is 2.55 bits per heavy atom. The predicted octanol–water partition coefficient (Wildman–Crippen LogP) is 0.110. The van der Waals surface area contributed by atoms with Gasteiger partial charge in [0.1, 0.15) is 5.69 Å². The van der Waals surface area contributed by atoms with E-state index in [9.17, 15) is 14.9 Å². The third kappa shape index (κ3) is 3.90. The summed E-state index contributed by atoms with van der Waals surface area (Å²) < 4.78 is 0. The third-order valence-corrected chi connectivity index (χ3v) is 2.59. The lowest BCUT2D eigenvalue weighted by molar-refractivity contribution is -0.384. The fraction of sp³-hybridized carbons (Fsp3) is 0.417. The Morgan fingerprint density at radius 2 is 2.05 bits per heavy atom. The minimum Gasteiger partial charge on any atom is -0.394 e. The van der Waals surface area contributed by atoms with Crippen molar-refractivity contribution in [3.8, 4) is 0 Å². The number of aliphatic hydroxyl groups is 2. The molecule has 0 radical (unpaired) electrons. The summed E-state index contributed by atoms with van der Waals surface area (Å²) in [6, 6.07) is 3.14. The van der Waals surface area contributed by atoms with Crippen LogP contribution in [0.1, 0.15) is 17.3 Å². The van der Waals surface area contributed by atoms with Crippen LogP contribution < -0.4 is 10.6 Å². The lowest BCUT2D eigenvalue weighted by Crippen LogP contribution is -2.28. The molecule has 8 heteroatoms. The topological polar surface area (TPSA) is 125 Å². The molecule has 8 nitrogen and oxygen atoms in total. The number of carbonyl (C=O) groups is 1. The Balaban J connectivity index is 3.11. The van der Waals surface area contributed by atoms with Gasteiger partial charge in [0.15, 0.2) is 0 Å². The Kier molecular flexibility index (Phi) is 5.88. The van der Waals surface area contributed by atoms with Gasteiger partial charge in [0.2, 0.25) is 0 Å². The van der Waals surface area contributed by atoms with E-state index in [1.165, 1.54) is 18.2 Å². The maximum Gasteiger partial charge on any atom is 0.292 e. The SMILES string of the molecule is CCNC(=O)c1ccc([N+](=O)[O-])c(NC(CO)CO)c1. The molecule has 1 aromatic rings. The van der Waals surface area contributed by atoms with Crippen LogP contribution in [0.2, 0.25) is 0 Å². The smallest absolute Gasteiger partial charge is 0.292 e. The van der Waals surface area contributed by atoms with Crippen LogP contribution in [0.15, 0.2) is 18.2 Å². The minimum absolute atomic E-state index is 0.0758. The number of carbonyl (C=O) groups excluding carboxylic acids is 1. The lowest BCUT2D eigenvalue weighted by Gasteiger charge is -2.15. The van der Waals surface area contributed by atoms with E-state index in [1.54, 1.807) is 6.92 Å². The molecule has 0 unspecified atom stereocenters. The molecule has 0 saturated carbocycles. The second-order valence-electron chi connectivity index (χ2n) is 4.05. The van der Waals surface area contributed by atoms with E-state index in [4.69, 9.17) is 10.2 Å². The number of nitro benzene ring substituents is 1. The quantitative estimate of drug-likeness (QED) is 0.416. The van der Waals surface area contributed by atoms with Gasteiger partial charge in [-0.15, -0.1) is 0 Å². The third-order valence-electron chi connectivity index (χ3n) is 2.59. The van der Waals surface area contributed by atoms with E-state index in [0.29, 0.717) is 6.54 Å². The molecule has 1 rings (SSSR count). The van der Waals surface area contributed by atoms with Crippen molar-refractivity contribution < 1.29 is 19.9 Å². The van der Waals surface area contributed by atoms with Gasteiger partial charge in [0.05, 0.1) is 24.2 Å². The van der Waals surface area contributed by atoms with Crippen molar-refractivity contribution in [2.24, 2.45) is 0 Å². The van der Waals surface area contributed by atoms with Crippen molar-refractivity contribution in [2.75, 3.05) is 25.1 Å². The summed E-state index contributed by atoms with van der Waals surface area (Å²) in [5.41, 5.74) is 0.103. The first-order valence-corrected chi connectivity index (χ1v) is 6.08. The van der Waals surface area contributed by atoms with Crippen LogP contribution in [0, 0.1) is 10.1 Å². The molecule has 20 heavy (non-hydrogen) atoms. The second kappa shape index (κ2) is 7.41. The standard InChI is InChI=1S/C12H17N3O5/c1-2-13-12(18)8-3-4-11(15(19)20)10(5-8)14-9(6-16)7-17/h3-5,9,14,16-17H,2,6-7H2,1H3,(H,13,18). The molecule has 1 amide bonds. The average Bonchev–Trinajstić information content (AvgIpc) is 2.44. The van der Waals surface area contributed by atoms with Gasteiger partial charge in [0, 0.05) is 18.2 Å². The number of aliphatic hydroxyl groups excluding tert-OH is 2. The summed E-state index contributed by atoms with van der Waals surface area (Å²) >= 11 is 0. The molecule has 0 aliphatic heterocycles. The highest BCUT2D eigenvalue weighted by atomic mass is 16.6. The molecule has 0 spiro atoms. The van der Waals surface area contributed by atoms with Gasteiger partial charge in [-0.2, -0.15) is 0 Å². The van der Waals surface area contributed by atoms with E-state index in [0.717, 1.165) is 0 Å². The Morgan fingerprint density at radius 1 is 1.40 bits per heavy atom. The molecule has 0 saturated heterocycles. The maximum atomic E-state index is 11.7. The van der Waals surface area contributed by atoms with Gasteiger partial charge < -0.3 is 20.8 Å². The van der Waals surface area contributed by atoms with Crippen LogP contribution in [0.25, 0.3) is 0 Å². The number of rotatable bonds is 7. The number of nitrogens with one attached hydrogen (secondary N) is 2. The molecule has 0 aromatic heterocycles. The van der Waals surface area contributed by atoms with Crippen molar-refractivity contribution in [3.63, 3.8) is 0 Å². The van der Waals surface area contributed by atoms with Gasteiger partial charge in [-0.05, 0) is 19.1 Å². The van der Waals surface area contributed by atoms with E-state index in [-0.39, 0.29) is 36.1 Å². The van der Waals surface area contributed by atoms with Crippen molar-refractivity contribution in [1.82, 2.24) is 5.32 Å². The Bertz CT molecular complexity index is 488. The number of anilines is 1. The second-order valence-corrected chi connectivity index (χ2v) is 4.05. The van der Waals surface area contributed by atoms with Crippen LogP contribution >= 0.6 is 0 Å². The summed E-state index contributed by atoms with van der Waals surface area (Å²) in [7, 11) is 0. The number of benzene rings is 1. The molecule has 1 aromatic carbocycles. The van der Waals surface area contributed by atoms with E-state index in [1.807, 2.05) is 0 Å². The maximum absolute atomic E-state index is 11.7. The molecule has 0 aliphatic carbocycles. The molecule has 0 aliphatic rings. The van der Waals surface area contributed by atoms with Crippen LogP contribution in [0.4, 0.5) is 11.4 Å². The van der Waals surface area contributed by atoms with Crippen LogP contribution in [-0.2, 0) is 0 Å². The van der Waals surface area contributed by atoms with Gasteiger partial charge in [-0.25, -0.2) is 0 Å². The highest BCUT2D eigenvalue weighted by Gasteiger charge is 2.19. The van der Waals surface area contributed by atoms with Crippen LogP contribution in [-0.4, -0.2) is 46.8 Å². The first-order chi connectivity index (χ1) is 9.53. The number of amides is 1. The zero-order valence-electron chi connectivity index (χ0n) is 11.0. The fourth-order valence-electron chi connectivity index (χ4n) is 1.58. The summed E-state index contributed by atoms with van der Waals surface area (Å²) in [6.45, 7) is 1.42. The summed E-state index contributed by atoms with van der Waals surface area (Å²) in [4.78, 5) is 22.0. The van der Waals surface area contributed by atoms with Crippen LogP contribution in [0.3, 0.4) is 0 Å². The molecule has 0 heterocycles. The molecule has 0 bridgehead atoms. The van der Waals surface area contributed by atoms with Gasteiger partial charge >= 0.3 is 0 Å². The Labute approximate surface area is 115 Å². The van der Waals surface area contributed by atoms with Crippen molar-refractivity contribution in [2.45, 2.75) is 13.0 Å². The highest BCUT2D eigenvalue weighted by Crippen LogP contribution is 2.26. The Hall–Kier alpha value is -2.19. The zero-order valence-corrected chi connectivity index (χ0v) is 11.0. The minimum atomic E-state index is -0.738. The van der Waals surface area contributed by atoms with E-state index < -0.39 is 11.0 Å². The molecular formula is C12H17N3O5. The lowest BCUT2D eigenvalue weighted by atomic mass is 10.1. The highest BCUT2D eigenvalue weighted by molar-refractivity contribution is 5.95. The number of hydrogen-bond acceptors (Lipinski definition) is 6. The molecular weight excluding hydrogens is 266 g/mol. The van der Waals surface area contributed by atoms with Gasteiger partial charge in [0.25, 0.3) is 11.6 Å². The first-order valence-electron chi connectivity index (χ1n) is 6.08. The summed E-state index contributed by atoms with van der Waals surface area (Å²) in [6.07, 6.45) is 0. The monoisotopic (exact) mass is 283 g/mol. The molecule has 4 N–H and O–H groups in total. The van der Waals surface area contributed by atoms with Crippen molar-refractivity contribution in [1.29, 1.82) is 0 Å². The fourth-order valence-corrected chi connectivity index (χ4v) is 1.58. The van der Waals surface area contributed by atoms with E-state index in [2.05, 4.69) is 10.6 Å². The van der Waals surface area contributed by atoms with Gasteiger partial charge in [-0.3, -0.25) is 14.9 Å². The number of nitro groups is 1. The zero-order chi connectivity index (χ0) is 15.1. The first kappa shape index (κ1) is 15.9. The predicted molar refractivity (Wildman–Crippen MR) is 72.7 cm³/mol. The largest absolute Gasteiger partial charge is 0.394 e. The van der Waals surface area contributed by atoms with Crippen molar-refractivity contribution >= 4 is 17.3 Å². The molecule has 0 atom stereocenters. The summed E-state index contributed by atoms with van der Waals surface area (Å²) in [5, 5.41) is 34.2. The van der Waals surface area contributed by atoms with E-state index >= 15 is 0 Å². The molecule has 110 valence electrons. The van der Waals surface area contributed by atoms with Crippen molar-refractivity contribution in [3.05, 3.63) is 33.9 Å².